The minimum absolute atomic E-state index is 0.284. The minimum atomic E-state index is -3.44. The van der Waals surface area contributed by atoms with Crippen LogP contribution in [0.4, 0.5) is 5.13 Å². The van der Waals surface area contributed by atoms with Crippen LogP contribution in [0.25, 0.3) is 0 Å². The van der Waals surface area contributed by atoms with Crippen molar-refractivity contribution in [1.82, 2.24) is 9.29 Å². The number of rotatable bonds is 2. The largest absolute Gasteiger partial charge is 0.375 e. The van der Waals surface area contributed by atoms with Gasteiger partial charge in [-0.25, -0.2) is 13.4 Å². The Morgan fingerprint density at radius 1 is 1.33 bits per heavy atom. The van der Waals surface area contributed by atoms with Crippen molar-refractivity contribution in [2.75, 3.05) is 18.8 Å². The van der Waals surface area contributed by atoms with Gasteiger partial charge in [-0.1, -0.05) is 25.2 Å². The lowest BCUT2D eigenvalue weighted by Crippen LogP contribution is -2.43. The van der Waals surface area contributed by atoms with Gasteiger partial charge in [-0.05, 0) is 6.92 Å². The number of nitrogens with two attached hydrogens (primary N) is 1. The molecule has 0 aliphatic carbocycles. The summed E-state index contributed by atoms with van der Waals surface area (Å²) in [7, 11) is -3.44. The number of nitrogens with zero attached hydrogens (tertiary/aromatic N) is 2. The predicted molar refractivity (Wildman–Crippen MR) is 76.5 cm³/mol. The molecule has 0 saturated carbocycles. The lowest BCUT2D eigenvalue weighted by molar-refractivity contribution is 0.405. The molecule has 1 aliphatic heterocycles. The highest BCUT2D eigenvalue weighted by Gasteiger charge is 2.34. The second-order valence-electron chi connectivity index (χ2n) is 4.50. The first-order chi connectivity index (χ1) is 8.30. The summed E-state index contributed by atoms with van der Waals surface area (Å²) >= 11 is 2.87. The highest BCUT2D eigenvalue weighted by molar-refractivity contribution is 8.00. The van der Waals surface area contributed by atoms with Crippen LogP contribution in [0.3, 0.4) is 0 Å². The first-order valence-electron chi connectivity index (χ1n) is 5.69. The van der Waals surface area contributed by atoms with Crippen molar-refractivity contribution >= 4 is 38.3 Å². The fraction of sp³-hybridized carbons (Fsp3) is 0.700. The van der Waals surface area contributed by atoms with Crippen LogP contribution >= 0.6 is 23.1 Å². The van der Waals surface area contributed by atoms with E-state index in [9.17, 15) is 8.42 Å². The van der Waals surface area contributed by atoms with Crippen molar-refractivity contribution in [2.45, 2.75) is 35.5 Å². The van der Waals surface area contributed by atoms with Gasteiger partial charge in [-0.2, -0.15) is 16.1 Å². The number of sulfonamides is 1. The van der Waals surface area contributed by atoms with Crippen LogP contribution in [0.2, 0.25) is 0 Å². The topological polar surface area (TPSA) is 76.3 Å². The Labute approximate surface area is 116 Å². The summed E-state index contributed by atoms with van der Waals surface area (Å²) in [6.07, 6.45) is 0. The number of thioether (sulfide) groups is 1. The van der Waals surface area contributed by atoms with E-state index in [4.69, 9.17) is 5.73 Å². The number of anilines is 1. The molecule has 5 nitrogen and oxygen atoms in total. The van der Waals surface area contributed by atoms with Gasteiger partial charge in [0.05, 0.1) is 5.69 Å². The third-order valence-electron chi connectivity index (χ3n) is 2.73. The Hall–Kier alpha value is -0.310. The Kier molecular flexibility index (Phi) is 3.91. The van der Waals surface area contributed by atoms with Gasteiger partial charge in [-0.15, -0.1) is 0 Å². The minimum Gasteiger partial charge on any atom is -0.375 e. The lowest BCUT2D eigenvalue weighted by Gasteiger charge is -2.33. The average Bonchev–Trinajstić information content (AvgIpc) is 2.57. The fourth-order valence-electron chi connectivity index (χ4n) is 2.09. The molecule has 1 saturated heterocycles. The van der Waals surface area contributed by atoms with Crippen LogP contribution in [-0.2, 0) is 10.0 Å². The molecule has 2 unspecified atom stereocenters. The van der Waals surface area contributed by atoms with Crippen LogP contribution in [0.5, 0.6) is 0 Å². The molecule has 0 spiro atoms. The smallest absolute Gasteiger partial charge is 0.254 e. The number of thiazole rings is 1. The lowest BCUT2D eigenvalue weighted by atomic mass is 10.4. The van der Waals surface area contributed by atoms with Gasteiger partial charge in [0.25, 0.3) is 10.0 Å². The second kappa shape index (κ2) is 4.99. The summed E-state index contributed by atoms with van der Waals surface area (Å²) in [6, 6.07) is 0. The molecular weight excluding hydrogens is 290 g/mol. The molecule has 1 aromatic rings. The van der Waals surface area contributed by atoms with Crippen molar-refractivity contribution in [3.05, 3.63) is 5.69 Å². The quantitative estimate of drug-likeness (QED) is 0.897. The number of nitrogen functional groups attached to an aromatic ring is 1. The van der Waals surface area contributed by atoms with Crippen LogP contribution in [0, 0.1) is 6.92 Å². The van der Waals surface area contributed by atoms with Gasteiger partial charge in [0.15, 0.2) is 9.34 Å². The summed E-state index contributed by atoms with van der Waals surface area (Å²) in [5, 5.41) is 0.932. The Morgan fingerprint density at radius 3 is 2.33 bits per heavy atom. The molecule has 0 bridgehead atoms. The summed E-state index contributed by atoms with van der Waals surface area (Å²) in [5.41, 5.74) is 6.08. The predicted octanol–water partition coefficient (Wildman–Crippen LogP) is 1.55. The number of aryl methyl sites for hydroxylation is 1. The van der Waals surface area contributed by atoms with E-state index in [1.165, 1.54) is 0 Å². The number of hydrogen-bond donors (Lipinski definition) is 1. The van der Waals surface area contributed by atoms with Crippen molar-refractivity contribution in [3.8, 4) is 0 Å². The average molecular weight is 307 g/mol. The molecule has 102 valence electrons. The fourth-order valence-corrected chi connectivity index (χ4v) is 6.65. The normalized spacial score (nSPS) is 26.4. The maximum Gasteiger partial charge on any atom is 0.254 e. The van der Waals surface area contributed by atoms with Crippen LogP contribution in [0.15, 0.2) is 4.21 Å². The van der Waals surface area contributed by atoms with E-state index in [0.717, 1.165) is 11.3 Å². The van der Waals surface area contributed by atoms with Gasteiger partial charge < -0.3 is 5.73 Å². The molecule has 8 heteroatoms. The monoisotopic (exact) mass is 307 g/mol. The first-order valence-corrected chi connectivity index (χ1v) is 8.89. The van der Waals surface area contributed by atoms with Gasteiger partial charge >= 0.3 is 0 Å². The van der Waals surface area contributed by atoms with E-state index >= 15 is 0 Å². The third kappa shape index (κ3) is 2.66. The highest BCUT2D eigenvalue weighted by Crippen LogP contribution is 2.32. The zero-order valence-electron chi connectivity index (χ0n) is 10.6. The molecule has 0 amide bonds. The molecule has 1 aliphatic rings. The van der Waals surface area contributed by atoms with Crippen LogP contribution in [0.1, 0.15) is 19.5 Å². The summed E-state index contributed by atoms with van der Waals surface area (Å²) < 4.78 is 26.9. The molecule has 1 aromatic heterocycles. The molecule has 0 aromatic carbocycles. The molecular formula is C10H17N3O2S3. The maximum atomic E-state index is 12.5. The summed E-state index contributed by atoms with van der Waals surface area (Å²) in [6.45, 7) is 6.89. The van der Waals surface area contributed by atoms with E-state index in [2.05, 4.69) is 18.8 Å². The first kappa shape index (κ1) is 14.1. The Bertz CT molecular complexity index is 531. The molecule has 18 heavy (non-hydrogen) atoms. The number of aromatic nitrogens is 1. The highest BCUT2D eigenvalue weighted by atomic mass is 32.2. The third-order valence-corrected chi connectivity index (χ3v) is 7.36. The maximum absolute atomic E-state index is 12.5. The summed E-state index contributed by atoms with van der Waals surface area (Å²) in [4.78, 5) is 4.00. The molecule has 1 fully saturated rings. The zero-order valence-corrected chi connectivity index (χ0v) is 13.0. The van der Waals surface area contributed by atoms with Crippen molar-refractivity contribution < 1.29 is 8.42 Å². The standard InChI is InChI=1S/C10H17N3O2S3/c1-6-4-13(5-7(2)16-6)18(14,15)9-8(3)12-10(11)17-9/h6-7H,4-5H2,1-3H3,(H2,11,12). The summed E-state index contributed by atoms with van der Waals surface area (Å²) in [5.74, 6) is 0. The van der Waals surface area contributed by atoms with Crippen molar-refractivity contribution in [3.63, 3.8) is 0 Å². The SMILES string of the molecule is Cc1nc(N)sc1S(=O)(=O)N1CC(C)SC(C)C1. The van der Waals surface area contributed by atoms with Gasteiger partial charge in [0, 0.05) is 23.6 Å². The van der Waals surface area contributed by atoms with E-state index in [-0.39, 0.29) is 4.21 Å². The van der Waals surface area contributed by atoms with E-state index < -0.39 is 10.0 Å². The van der Waals surface area contributed by atoms with Crippen molar-refractivity contribution in [2.24, 2.45) is 0 Å². The Balaban J connectivity index is 2.34. The number of hydrogen-bond acceptors (Lipinski definition) is 6. The van der Waals surface area contributed by atoms with E-state index in [1.54, 1.807) is 11.2 Å². The van der Waals surface area contributed by atoms with Crippen LogP contribution in [-0.4, -0.2) is 41.3 Å². The molecule has 0 radical (unpaired) electrons. The zero-order chi connectivity index (χ0) is 13.5. The molecule has 2 rings (SSSR count). The molecule has 2 N–H and O–H groups in total. The second-order valence-corrected chi connectivity index (χ2v) is 9.55. The van der Waals surface area contributed by atoms with E-state index in [1.807, 2.05) is 11.8 Å². The van der Waals surface area contributed by atoms with Gasteiger partial charge in [-0.3, -0.25) is 0 Å². The Morgan fingerprint density at radius 2 is 1.89 bits per heavy atom. The van der Waals surface area contributed by atoms with Crippen molar-refractivity contribution in [1.29, 1.82) is 0 Å². The van der Waals surface area contributed by atoms with E-state index in [0.29, 0.717) is 34.4 Å². The van der Waals surface area contributed by atoms with Gasteiger partial charge in [0.1, 0.15) is 0 Å². The van der Waals surface area contributed by atoms with Gasteiger partial charge in [0.2, 0.25) is 0 Å². The molecule has 2 atom stereocenters. The van der Waals surface area contributed by atoms with Crippen LogP contribution < -0.4 is 5.73 Å². The molecule has 2 heterocycles.